The van der Waals surface area contributed by atoms with E-state index in [2.05, 4.69) is 23.5 Å². The maximum Gasteiger partial charge on any atom is 0.246 e. The van der Waals surface area contributed by atoms with Crippen LogP contribution in [0.5, 0.6) is 5.75 Å². The highest BCUT2D eigenvalue weighted by atomic mass is 32.2. The second-order valence-corrected chi connectivity index (χ2v) is 9.84. The molecule has 0 bridgehead atoms. The van der Waals surface area contributed by atoms with Gasteiger partial charge in [0.05, 0.1) is 13.7 Å². The standard InChI is InChI=1S/C22H29N3O4S/c1-24(2)30(27,28)21-14-17(12-13-20(21)29-4)23-22(26)15-25(3)19-11-7-9-16-8-5-6-10-18(16)19/h5-6,8,10,12-14,19H,7,9,11,15H2,1-4H3,(H,23,26). The monoisotopic (exact) mass is 431 g/mol. The molecule has 0 spiro atoms. The topological polar surface area (TPSA) is 79.0 Å². The number of amides is 1. The zero-order chi connectivity index (χ0) is 21.9. The summed E-state index contributed by atoms with van der Waals surface area (Å²) in [4.78, 5) is 14.7. The second-order valence-electron chi connectivity index (χ2n) is 7.72. The first-order valence-electron chi connectivity index (χ1n) is 9.92. The van der Waals surface area contributed by atoms with Crippen molar-refractivity contribution in [1.29, 1.82) is 0 Å². The van der Waals surface area contributed by atoms with E-state index in [4.69, 9.17) is 4.74 Å². The van der Waals surface area contributed by atoms with Crippen molar-refractivity contribution in [3.63, 3.8) is 0 Å². The zero-order valence-corrected chi connectivity index (χ0v) is 18.7. The van der Waals surface area contributed by atoms with Gasteiger partial charge in [0, 0.05) is 25.8 Å². The van der Waals surface area contributed by atoms with Gasteiger partial charge in [0.15, 0.2) is 0 Å². The van der Waals surface area contributed by atoms with Gasteiger partial charge in [-0.15, -0.1) is 0 Å². The molecule has 0 aliphatic heterocycles. The van der Waals surface area contributed by atoms with E-state index in [9.17, 15) is 13.2 Å². The van der Waals surface area contributed by atoms with Crippen molar-refractivity contribution in [2.24, 2.45) is 0 Å². The third-order valence-electron chi connectivity index (χ3n) is 5.47. The molecule has 162 valence electrons. The van der Waals surface area contributed by atoms with Crippen LogP contribution in [-0.4, -0.2) is 58.3 Å². The molecule has 1 N–H and O–H groups in total. The number of fused-ring (bicyclic) bond motifs is 1. The van der Waals surface area contributed by atoms with Gasteiger partial charge in [-0.2, -0.15) is 0 Å². The Morgan fingerprint density at radius 1 is 1.17 bits per heavy atom. The number of carbonyl (C=O) groups is 1. The van der Waals surface area contributed by atoms with E-state index in [0.29, 0.717) is 5.69 Å². The summed E-state index contributed by atoms with van der Waals surface area (Å²) < 4.78 is 31.5. The molecule has 8 heteroatoms. The van der Waals surface area contributed by atoms with Crippen molar-refractivity contribution >= 4 is 21.6 Å². The van der Waals surface area contributed by atoms with Crippen LogP contribution in [0.1, 0.15) is 30.0 Å². The largest absolute Gasteiger partial charge is 0.495 e. The van der Waals surface area contributed by atoms with Crippen molar-refractivity contribution < 1.29 is 17.9 Å². The maximum absolute atomic E-state index is 12.7. The number of hydrogen-bond acceptors (Lipinski definition) is 5. The molecular formula is C22H29N3O4S. The van der Waals surface area contributed by atoms with Crippen LogP contribution in [0.3, 0.4) is 0 Å². The third kappa shape index (κ3) is 4.66. The van der Waals surface area contributed by atoms with Crippen LogP contribution in [0.4, 0.5) is 5.69 Å². The average Bonchev–Trinajstić information content (AvgIpc) is 2.73. The Balaban J connectivity index is 1.74. The minimum Gasteiger partial charge on any atom is -0.495 e. The van der Waals surface area contributed by atoms with Gasteiger partial charge in [-0.05, 0) is 55.6 Å². The molecule has 3 rings (SSSR count). The van der Waals surface area contributed by atoms with E-state index in [1.165, 1.54) is 38.4 Å². The molecule has 0 saturated heterocycles. The molecule has 1 atom stereocenters. The SMILES string of the molecule is COc1ccc(NC(=O)CN(C)C2CCCc3ccccc32)cc1S(=O)(=O)N(C)C. The van der Waals surface area contributed by atoms with Crippen LogP contribution in [0, 0.1) is 0 Å². The van der Waals surface area contributed by atoms with E-state index >= 15 is 0 Å². The molecule has 1 aliphatic rings. The molecule has 0 aromatic heterocycles. The molecule has 2 aromatic carbocycles. The fraction of sp³-hybridized carbons (Fsp3) is 0.409. The predicted molar refractivity (Wildman–Crippen MR) is 117 cm³/mol. The highest BCUT2D eigenvalue weighted by molar-refractivity contribution is 7.89. The number of nitrogens with zero attached hydrogens (tertiary/aromatic N) is 2. The molecule has 1 amide bonds. The smallest absolute Gasteiger partial charge is 0.246 e. The summed E-state index contributed by atoms with van der Waals surface area (Å²) in [5.41, 5.74) is 3.04. The number of benzene rings is 2. The van der Waals surface area contributed by atoms with Crippen LogP contribution in [0.25, 0.3) is 0 Å². The maximum atomic E-state index is 12.7. The van der Waals surface area contributed by atoms with Gasteiger partial charge in [0.1, 0.15) is 10.6 Å². The number of nitrogens with one attached hydrogen (secondary N) is 1. The number of sulfonamides is 1. The van der Waals surface area contributed by atoms with Crippen molar-refractivity contribution in [2.45, 2.75) is 30.2 Å². The number of likely N-dealkylation sites (N-methyl/N-ethyl adjacent to an activating group) is 1. The minimum atomic E-state index is -3.70. The second kappa shape index (κ2) is 9.16. The Labute approximate surface area is 178 Å². The van der Waals surface area contributed by atoms with E-state index in [1.54, 1.807) is 12.1 Å². The number of anilines is 1. The lowest BCUT2D eigenvalue weighted by Crippen LogP contribution is -2.35. The number of methoxy groups -OCH3 is 1. The molecule has 0 saturated carbocycles. The van der Waals surface area contributed by atoms with Crippen molar-refractivity contribution in [2.75, 3.05) is 40.1 Å². The Bertz CT molecular complexity index is 1020. The van der Waals surface area contributed by atoms with Crippen LogP contribution < -0.4 is 10.1 Å². The van der Waals surface area contributed by atoms with Gasteiger partial charge < -0.3 is 10.1 Å². The van der Waals surface area contributed by atoms with Gasteiger partial charge in [-0.3, -0.25) is 9.69 Å². The average molecular weight is 432 g/mol. The lowest BCUT2D eigenvalue weighted by atomic mass is 9.87. The lowest BCUT2D eigenvalue weighted by Gasteiger charge is -2.32. The molecule has 0 radical (unpaired) electrons. The van der Waals surface area contributed by atoms with E-state index in [-0.39, 0.29) is 29.1 Å². The molecule has 7 nitrogen and oxygen atoms in total. The van der Waals surface area contributed by atoms with Crippen LogP contribution in [0.15, 0.2) is 47.4 Å². The molecule has 1 aliphatic carbocycles. The van der Waals surface area contributed by atoms with Gasteiger partial charge >= 0.3 is 0 Å². The Morgan fingerprint density at radius 2 is 1.90 bits per heavy atom. The van der Waals surface area contributed by atoms with E-state index in [0.717, 1.165) is 23.6 Å². The highest BCUT2D eigenvalue weighted by Gasteiger charge is 2.26. The first kappa shape index (κ1) is 22.3. The van der Waals surface area contributed by atoms with Crippen molar-refractivity contribution in [1.82, 2.24) is 9.21 Å². The number of ether oxygens (including phenoxy) is 1. The lowest BCUT2D eigenvalue weighted by molar-refractivity contribution is -0.117. The predicted octanol–water partition coefficient (Wildman–Crippen LogP) is 2.89. The van der Waals surface area contributed by atoms with Crippen molar-refractivity contribution in [3.05, 3.63) is 53.6 Å². The molecule has 0 fully saturated rings. The number of rotatable bonds is 7. The number of hydrogen-bond donors (Lipinski definition) is 1. The first-order chi connectivity index (χ1) is 14.2. The summed E-state index contributed by atoms with van der Waals surface area (Å²) in [6.07, 6.45) is 3.17. The molecule has 1 unspecified atom stereocenters. The van der Waals surface area contributed by atoms with E-state index in [1.807, 2.05) is 18.0 Å². The molecule has 0 heterocycles. The first-order valence-corrected chi connectivity index (χ1v) is 11.4. The van der Waals surface area contributed by atoms with Gasteiger partial charge in [-0.25, -0.2) is 12.7 Å². The quantitative estimate of drug-likeness (QED) is 0.729. The summed E-state index contributed by atoms with van der Waals surface area (Å²) in [7, 11) is 2.57. The Kier molecular flexibility index (Phi) is 6.80. The number of aryl methyl sites for hydroxylation is 1. The summed E-state index contributed by atoms with van der Waals surface area (Å²) in [6.45, 7) is 0.209. The van der Waals surface area contributed by atoms with Gasteiger partial charge in [-0.1, -0.05) is 24.3 Å². The minimum absolute atomic E-state index is 0.0161. The van der Waals surface area contributed by atoms with Crippen LogP contribution >= 0.6 is 0 Å². The summed E-state index contributed by atoms with van der Waals surface area (Å²) in [5.74, 6) is 0.0385. The summed E-state index contributed by atoms with van der Waals surface area (Å²) >= 11 is 0. The molecular weight excluding hydrogens is 402 g/mol. The normalized spacial score (nSPS) is 16.4. The highest BCUT2D eigenvalue weighted by Crippen LogP contribution is 2.33. The fourth-order valence-electron chi connectivity index (χ4n) is 3.88. The summed E-state index contributed by atoms with van der Waals surface area (Å²) in [6, 6.07) is 13.2. The van der Waals surface area contributed by atoms with E-state index < -0.39 is 10.0 Å². The molecule has 30 heavy (non-hydrogen) atoms. The third-order valence-corrected chi connectivity index (χ3v) is 7.31. The Hall–Kier alpha value is -2.42. The zero-order valence-electron chi connectivity index (χ0n) is 17.9. The van der Waals surface area contributed by atoms with Gasteiger partial charge in [0.25, 0.3) is 0 Å². The molecule has 2 aromatic rings. The fourth-order valence-corrected chi connectivity index (χ4v) is 4.95. The number of carbonyl (C=O) groups excluding carboxylic acids is 1. The van der Waals surface area contributed by atoms with Crippen molar-refractivity contribution in [3.8, 4) is 5.75 Å². The van der Waals surface area contributed by atoms with Crippen LogP contribution in [0.2, 0.25) is 0 Å². The summed E-state index contributed by atoms with van der Waals surface area (Å²) in [5, 5.41) is 2.82. The van der Waals surface area contributed by atoms with Gasteiger partial charge in [0.2, 0.25) is 15.9 Å². The Morgan fingerprint density at radius 3 is 2.60 bits per heavy atom. The van der Waals surface area contributed by atoms with Crippen LogP contribution in [-0.2, 0) is 21.2 Å².